The maximum absolute atomic E-state index is 13.1. The van der Waals surface area contributed by atoms with E-state index in [-0.39, 0.29) is 5.91 Å². The van der Waals surface area contributed by atoms with Gasteiger partial charge in [0.05, 0.1) is 19.4 Å². The first-order chi connectivity index (χ1) is 12.9. The second-order valence-corrected chi connectivity index (χ2v) is 7.89. The molecule has 0 N–H and O–H groups in total. The maximum atomic E-state index is 13.1. The lowest BCUT2D eigenvalue weighted by Gasteiger charge is -2.25. The fourth-order valence-electron chi connectivity index (χ4n) is 2.88. The van der Waals surface area contributed by atoms with E-state index in [0.717, 1.165) is 26.8 Å². The Hall–Kier alpha value is -2.24. The third-order valence-corrected chi connectivity index (χ3v) is 5.69. The Morgan fingerprint density at radius 2 is 1.96 bits per heavy atom. The van der Waals surface area contributed by atoms with E-state index in [9.17, 15) is 4.79 Å². The molecule has 1 aromatic carbocycles. The van der Waals surface area contributed by atoms with E-state index in [1.165, 1.54) is 0 Å². The number of hydrogen-bond acceptors (Lipinski definition) is 4. The molecule has 6 heteroatoms. The van der Waals surface area contributed by atoms with E-state index in [1.807, 2.05) is 55.6 Å². The van der Waals surface area contributed by atoms with Crippen molar-refractivity contribution in [2.24, 2.45) is 0 Å². The predicted octanol–water partition coefficient (Wildman–Crippen LogP) is 5.61. The van der Waals surface area contributed by atoms with Crippen molar-refractivity contribution in [1.82, 2.24) is 4.90 Å². The lowest BCUT2D eigenvalue weighted by molar-refractivity contribution is -0.139. The fraction of sp³-hybridized carbons (Fsp3) is 0.286. The Balaban J connectivity index is 1.75. The molecule has 3 rings (SSSR count). The van der Waals surface area contributed by atoms with Gasteiger partial charge in [-0.05, 0) is 67.6 Å². The van der Waals surface area contributed by atoms with Crippen LogP contribution in [0.5, 0.6) is 5.75 Å². The van der Waals surface area contributed by atoms with Crippen molar-refractivity contribution in [2.45, 2.75) is 40.0 Å². The van der Waals surface area contributed by atoms with Crippen molar-refractivity contribution in [3.05, 3.63) is 74.8 Å². The summed E-state index contributed by atoms with van der Waals surface area (Å²) < 4.78 is 11.4. The summed E-state index contributed by atoms with van der Waals surface area (Å²) in [7, 11) is 0. The van der Waals surface area contributed by atoms with Crippen molar-refractivity contribution in [3.8, 4) is 5.75 Å². The van der Waals surface area contributed by atoms with E-state index < -0.39 is 6.10 Å². The smallest absolute Gasteiger partial charge is 0.264 e. The molecule has 0 unspecified atom stereocenters. The van der Waals surface area contributed by atoms with E-state index in [0.29, 0.717) is 18.8 Å². The van der Waals surface area contributed by atoms with E-state index in [1.54, 1.807) is 29.4 Å². The van der Waals surface area contributed by atoms with Crippen LogP contribution in [-0.4, -0.2) is 16.9 Å². The van der Waals surface area contributed by atoms with Crippen LogP contribution >= 0.6 is 22.9 Å². The van der Waals surface area contributed by atoms with E-state index in [2.05, 4.69) is 0 Å². The Morgan fingerprint density at radius 1 is 1.22 bits per heavy atom. The Labute approximate surface area is 168 Å². The lowest BCUT2D eigenvalue weighted by Crippen LogP contribution is -2.39. The van der Waals surface area contributed by atoms with E-state index >= 15 is 0 Å². The minimum absolute atomic E-state index is 0.0925. The van der Waals surface area contributed by atoms with Gasteiger partial charge >= 0.3 is 0 Å². The zero-order valence-electron chi connectivity index (χ0n) is 15.6. The summed E-state index contributed by atoms with van der Waals surface area (Å²) in [6.07, 6.45) is 0.988. The molecule has 0 saturated carbocycles. The average molecular weight is 404 g/mol. The zero-order valence-corrected chi connectivity index (χ0v) is 17.1. The number of carbonyl (C=O) groups excluding carboxylic acids is 1. The highest BCUT2D eigenvalue weighted by Crippen LogP contribution is 2.27. The summed E-state index contributed by atoms with van der Waals surface area (Å²) in [5.74, 6) is 1.29. The summed E-state index contributed by atoms with van der Waals surface area (Å²) >= 11 is 7.84. The quantitative estimate of drug-likeness (QED) is 0.515. The van der Waals surface area contributed by atoms with Crippen LogP contribution in [0.2, 0.25) is 5.02 Å². The molecule has 0 fully saturated rings. The van der Waals surface area contributed by atoms with Gasteiger partial charge in [0.15, 0.2) is 6.10 Å². The summed E-state index contributed by atoms with van der Waals surface area (Å²) in [6, 6.07) is 11.4. The van der Waals surface area contributed by atoms with E-state index in [4.69, 9.17) is 20.8 Å². The Morgan fingerprint density at radius 3 is 2.56 bits per heavy atom. The SMILES string of the molecule is Cc1cc(O[C@@H](C)C(=O)N(Cc2ccco2)Cc2cccs2)cc(C)c1Cl. The number of rotatable bonds is 7. The standard InChI is InChI=1S/C21H22ClNO3S/c1-14-10-18(11-15(2)20(14)22)26-16(3)21(24)23(12-17-6-4-8-25-17)13-19-7-5-9-27-19/h4-11,16H,12-13H2,1-3H3/t16-/m0/s1. The van der Waals surface area contributed by atoms with Crippen LogP contribution in [0.15, 0.2) is 52.5 Å². The van der Waals surface area contributed by atoms with Crippen LogP contribution < -0.4 is 4.74 Å². The molecule has 0 aliphatic carbocycles. The van der Waals surface area contributed by atoms with Crippen molar-refractivity contribution in [2.75, 3.05) is 0 Å². The molecule has 27 heavy (non-hydrogen) atoms. The highest BCUT2D eigenvalue weighted by atomic mass is 35.5. The Kier molecular flexibility index (Phi) is 6.24. The number of nitrogens with zero attached hydrogens (tertiary/aromatic N) is 1. The summed E-state index contributed by atoms with van der Waals surface area (Å²) in [5, 5.41) is 2.72. The fourth-order valence-corrected chi connectivity index (χ4v) is 3.71. The first-order valence-corrected chi connectivity index (χ1v) is 9.96. The molecule has 1 amide bonds. The summed E-state index contributed by atoms with van der Waals surface area (Å²) in [5.41, 5.74) is 1.86. The van der Waals surface area contributed by atoms with Crippen LogP contribution in [0.3, 0.4) is 0 Å². The van der Waals surface area contributed by atoms with Crippen LogP contribution in [0.1, 0.15) is 28.7 Å². The van der Waals surface area contributed by atoms with Crippen molar-refractivity contribution in [3.63, 3.8) is 0 Å². The minimum Gasteiger partial charge on any atom is -0.481 e. The summed E-state index contributed by atoms with van der Waals surface area (Å²) in [6.45, 7) is 6.54. The largest absolute Gasteiger partial charge is 0.481 e. The minimum atomic E-state index is -0.625. The second-order valence-electron chi connectivity index (χ2n) is 6.48. The Bertz CT molecular complexity index is 831. The van der Waals surface area contributed by atoms with Gasteiger partial charge in [-0.15, -0.1) is 11.3 Å². The average Bonchev–Trinajstić information content (AvgIpc) is 3.32. The van der Waals surface area contributed by atoms with Crippen LogP contribution in [-0.2, 0) is 17.9 Å². The first-order valence-electron chi connectivity index (χ1n) is 8.71. The molecule has 2 heterocycles. The number of ether oxygens (including phenoxy) is 1. The van der Waals surface area contributed by atoms with Gasteiger partial charge in [0.2, 0.25) is 0 Å². The zero-order chi connectivity index (χ0) is 19.4. The van der Waals surface area contributed by atoms with Crippen molar-refractivity contribution >= 4 is 28.8 Å². The van der Waals surface area contributed by atoms with Gasteiger partial charge in [-0.2, -0.15) is 0 Å². The molecule has 0 saturated heterocycles. The molecular weight excluding hydrogens is 382 g/mol. The van der Waals surface area contributed by atoms with Crippen LogP contribution in [0.4, 0.5) is 0 Å². The molecule has 1 atom stereocenters. The van der Waals surface area contributed by atoms with Gasteiger partial charge in [-0.3, -0.25) is 4.79 Å². The lowest BCUT2D eigenvalue weighted by atomic mass is 10.1. The number of thiophene rings is 1. The molecule has 142 valence electrons. The molecule has 0 aliphatic heterocycles. The number of amides is 1. The van der Waals surface area contributed by atoms with Gasteiger partial charge in [0.25, 0.3) is 5.91 Å². The normalized spacial score (nSPS) is 12.0. The molecule has 3 aromatic rings. The topological polar surface area (TPSA) is 42.7 Å². The molecule has 0 aliphatic rings. The molecule has 0 radical (unpaired) electrons. The third-order valence-electron chi connectivity index (χ3n) is 4.24. The number of hydrogen-bond donors (Lipinski definition) is 0. The number of halogens is 1. The number of benzene rings is 1. The molecule has 2 aromatic heterocycles. The number of aryl methyl sites for hydroxylation is 2. The van der Waals surface area contributed by atoms with Crippen LogP contribution in [0, 0.1) is 13.8 Å². The first kappa shape index (κ1) is 19.5. The van der Waals surface area contributed by atoms with Gasteiger partial charge in [0, 0.05) is 9.90 Å². The van der Waals surface area contributed by atoms with Crippen molar-refractivity contribution < 1.29 is 13.9 Å². The highest BCUT2D eigenvalue weighted by molar-refractivity contribution is 7.09. The number of carbonyl (C=O) groups is 1. The van der Waals surface area contributed by atoms with Gasteiger partial charge in [0.1, 0.15) is 11.5 Å². The third kappa shape index (κ3) is 4.93. The molecular formula is C21H22ClNO3S. The predicted molar refractivity (Wildman–Crippen MR) is 108 cm³/mol. The second kappa shape index (κ2) is 8.63. The van der Waals surface area contributed by atoms with Gasteiger partial charge < -0.3 is 14.1 Å². The highest BCUT2D eigenvalue weighted by Gasteiger charge is 2.24. The number of furan rings is 1. The molecule has 0 bridgehead atoms. The van der Waals surface area contributed by atoms with Gasteiger partial charge in [-0.1, -0.05) is 17.7 Å². The maximum Gasteiger partial charge on any atom is 0.264 e. The summed E-state index contributed by atoms with van der Waals surface area (Å²) in [4.78, 5) is 15.9. The van der Waals surface area contributed by atoms with Gasteiger partial charge in [-0.25, -0.2) is 0 Å². The van der Waals surface area contributed by atoms with Crippen molar-refractivity contribution in [1.29, 1.82) is 0 Å². The monoisotopic (exact) mass is 403 g/mol. The molecule has 0 spiro atoms. The molecule has 4 nitrogen and oxygen atoms in total. The van der Waals surface area contributed by atoms with Crippen LogP contribution in [0.25, 0.3) is 0 Å².